The summed E-state index contributed by atoms with van der Waals surface area (Å²) in [5, 5.41) is 8.18. The number of hydrogen-bond donors (Lipinski definition) is 2. The molecule has 0 aromatic carbocycles. The minimum atomic E-state index is -1.72. The van der Waals surface area contributed by atoms with Gasteiger partial charge in [-0.05, 0) is 19.4 Å². The van der Waals surface area contributed by atoms with Crippen LogP contribution in [-0.2, 0) is 18.4 Å². The number of hydrogen-bond acceptors (Lipinski definition) is 5. The van der Waals surface area contributed by atoms with Crippen LogP contribution in [0.5, 0.6) is 0 Å². The van der Waals surface area contributed by atoms with Crippen molar-refractivity contribution in [3.8, 4) is 0 Å². The van der Waals surface area contributed by atoms with Gasteiger partial charge in [-0.3, -0.25) is 4.79 Å². The van der Waals surface area contributed by atoms with Gasteiger partial charge in [0.05, 0.1) is 0 Å². The van der Waals surface area contributed by atoms with Crippen molar-refractivity contribution in [3.63, 3.8) is 0 Å². The second kappa shape index (κ2) is 9.98. The van der Waals surface area contributed by atoms with Gasteiger partial charge in [0.2, 0.25) is 0 Å². The Kier molecular flexibility index (Phi) is 9.62. The zero-order valence-electron chi connectivity index (χ0n) is 8.55. The largest absolute Gasteiger partial charge is 0.697 e. The van der Waals surface area contributed by atoms with Crippen LogP contribution in [0.25, 0.3) is 0 Å². The Balaban J connectivity index is 0.000000280. The molecule has 0 bridgehead atoms. The van der Waals surface area contributed by atoms with E-state index in [1.54, 1.807) is 0 Å². The third-order valence-corrected chi connectivity index (χ3v) is 2.36. The van der Waals surface area contributed by atoms with Gasteiger partial charge >= 0.3 is 14.2 Å². The summed E-state index contributed by atoms with van der Waals surface area (Å²) in [6.45, 7) is 1.63. The molecule has 1 heterocycles. The summed E-state index contributed by atoms with van der Waals surface area (Å²) in [4.78, 5) is 9.93. The maximum absolute atomic E-state index is 9.95. The lowest BCUT2D eigenvalue weighted by Gasteiger charge is -1.93. The molecule has 0 spiro atoms. The molecule has 1 fully saturated rings. The number of unbranched alkanes of at least 4 members (excludes halogenated alkanes) is 2. The van der Waals surface area contributed by atoms with Gasteiger partial charge in [-0.25, -0.2) is 0 Å². The molecule has 3 N–H and O–H groups in total. The van der Waals surface area contributed by atoms with Gasteiger partial charge in [0, 0.05) is 11.0 Å². The molecule has 1 saturated heterocycles. The maximum Gasteiger partial charge on any atom is 0.697 e. The zero-order chi connectivity index (χ0) is 11.5. The van der Waals surface area contributed by atoms with E-state index in [0.29, 0.717) is 19.8 Å². The van der Waals surface area contributed by atoms with Gasteiger partial charge < -0.3 is 10.8 Å². The van der Waals surface area contributed by atoms with Gasteiger partial charge in [-0.15, -0.1) is 9.05 Å². The van der Waals surface area contributed by atoms with Crippen molar-refractivity contribution in [2.45, 2.75) is 25.7 Å². The highest BCUT2D eigenvalue weighted by Crippen LogP contribution is 2.27. The molecule has 0 aromatic heterocycles. The second-order valence-corrected chi connectivity index (χ2v) is 3.85. The summed E-state index contributed by atoms with van der Waals surface area (Å²) in [5.41, 5.74) is 5.20. The summed E-state index contributed by atoms with van der Waals surface area (Å²) in [6, 6.07) is 0. The van der Waals surface area contributed by atoms with Gasteiger partial charge in [-0.2, -0.15) is 0 Å². The molecule has 0 aromatic rings. The van der Waals surface area contributed by atoms with Crippen molar-refractivity contribution < 1.29 is 23.5 Å². The van der Waals surface area contributed by atoms with E-state index in [9.17, 15) is 9.36 Å². The normalized spacial score (nSPS) is 14.6. The molecule has 0 amide bonds. The number of nitrogens with two attached hydrogens (primary N) is 1. The molecule has 7 heteroatoms. The van der Waals surface area contributed by atoms with Gasteiger partial charge in [0.15, 0.2) is 0 Å². The molecule has 1 aliphatic heterocycles. The molecule has 15 heavy (non-hydrogen) atoms. The minimum Gasteiger partial charge on any atom is -0.481 e. The Morgan fingerprint density at radius 3 is 2.20 bits per heavy atom. The summed E-state index contributed by atoms with van der Waals surface area (Å²) in [6.07, 6.45) is 2.91. The quantitative estimate of drug-likeness (QED) is 0.553. The highest BCUT2D eigenvalue weighted by atomic mass is 31.1. The molecule has 0 radical (unpaired) electrons. The fraction of sp³-hybridized carbons (Fsp3) is 0.875. The van der Waals surface area contributed by atoms with Crippen molar-refractivity contribution in [2.75, 3.05) is 19.8 Å². The molecule has 88 valence electrons. The second-order valence-electron chi connectivity index (χ2n) is 2.88. The Labute approximate surface area is 89.7 Å². The van der Waals surface area contributed by atoms with Crippen LogP contribution in [0.3, 0.4) is 0 Å². The minimum absolute atomic E-state index is 0.278. The molecule has 1 rings (SSSR count). The Morgan fingerprint density at radius 2 is 1.87 bits per heavy atom. The smallest absolute Gasteiger partial charge is 0.481 e. The summed E-state index contributed by atoms with van der Waals surface area (Å²) >= 11 is 0. The number of carboxylic acids is 1. The van der Waals surface area contributed by atoms with Gasteiger partial charge in [0.1, 0.15) is 13.2 Å². The van der Waals surface area contributed by atoms with E-state index in [-0.39, 0.29) is 6.42 Å². The van der Waals surface area contributed by atoms with E-state index >= 15 is 0 Å². The predicted molar refractivity (Wildman–Crippen MR) is 54.7 cm³/mol. The first-order valence-corrected chi connectivity index (χ1v) is 5.91. The summed E-state index contributed by atoms with van der Waals surface area (Å²) in [7, 11) is -1.72. The highest BCUT2D eigenvalue weighted by Gasteiger charge is 2.26. The lowest BCUT2D eigenvalue weighted by atomic mass is 10.2. The van der Waals surface area contributed by atoms with Crippen molar-refractivity contribution in [2.24, 2.45) is 5.73 Å². The van der Waals surface area contributed by atoms with Crippen LogP contribution in [0.1, 0.15) is 25.7 Å². The van der Waals surface area contributed by atoms with Crippen LogP contribution in [0.4, 0.5) is 0 Å². The van der Waals surface area contributed by atoms with Crippen LogP contribution in [-0.4, -0.2) is 30.8 Å². The number of carboxylic acid groups (broad SMARTS) is 1. The van der Waals surface area contributed by atoms with Crippen LogP contribution in [0.2, 0.25) is 0 Å². The molecule has 0 atom stereocenters. The molecule has 6 nitrogen and oxygen atoms in total. The maximum atomic E-state index is 9.95. The van der Waals surface area contributed by atoms with Crippen LogP contribution in [0, 0.1) is 0 Å². The first-order chi connectivity index (χ1) is 7.16. The van der Waals surface area contributed by atoms with E-state index in [2.05, 4.69) is 9.05 Å². The lowest BCUT2D eigenvalue weighted by Crippen LogP contribution is -1.99. The fourth-order valence-electron chi connectivity index (χ4n) is 0.858. The summed E-state index contributed by atoms with van der Waals surface area (Å²) < 4.78 is 18.8. The summed E-state index contributed by atoms with van der Waals surface area (Å²) in [5.74, 6) is -0.716. The first-order valence-electron chi connectivity index (χ1n) is 4.81. The molecule has 0 saturated carbocycles. The fourth-order valence-corrected chi connectivity index (χ4v) is 1.38. The van der Waals surface area contributed by atoms with E-state index < -0.39 is 14.2 Å². The third-order valence-electron chi connectivity index (χ3n) is 1.57. The first kappa shape index (κ1) is 14.5. The molecule has 0 aliphatic carbocycles. The standard InChI is InChI=1S/C6H13NO2.C2H4O3P/c7-5-3-1-2-4-6(8)9;3-6-4-1-2-5-6/h1-5,7H2,(H,8,9);1-2H2/q;+1. The monoisotopic (exact) mass is 238 g/mol. The molecule has 0 unspecified atom stereocenters. The Hall–Kier alpha value is -0.550. The number of rotatable bonds is 5. The van der Waals surface area contributed by atoms with Crippen molar-refractivity contribution in [1.82, 2.24) is 0 Å². The van der Waals surface area contributed by atoms with Crippen LogP contribution < -0.4 is 5.73 Å². The molecular formula is C8H17NO5P+. The molecular weight excluding hydrogens is 221 g/mol. The topological polar surface area (TPSA) is 98.9 Å². The Bertz CT molecular complexity index is 191. The van der Waals surface area contributed by atoms with Gasteiger partial charge in [-0.1, -0.05) is 6.42 Å². The average Bonchev–Trinajstić information content (AvgIpc) is 2.65. The van der Waals surface area contributed by atoms with E-state index in [0.717, 1.165) is 19.3 Å². The van der Waals surface area contributed by atoms with E-state index in [1.807, 2.05) is 0 Å². The van der Waals surface area contributed by atoms with Crippen molar-refractivity contribution in [3.05, 3.63) is 0 Å². The molecule has 1 aliphatic rings. The van der Waals surface area contributed by atoms with Crippen LogP contribution >= 0.6 is 8.25 Å². The van der Waals surface area contributed by atoms with Crippen molar-refractivity contribution in [1.29, 1.82) is 0 Å². The van der Waals surface area contributed by atoms with Crippen molar-refractivity contribution >= 4 is 14.2 Å². The highest BCUT2D eigenvalue weighted by molar-refractivity contribution is 7.33. The number of aliphatic carboxylic acids is 1. The number of carbonyl (C=O) groups is 1. The SMILES string of the molecule is NCCCCCC(=O)O.O=[P+]1OCCO1. The van der Waals surface area contributed by atoms with E-state index in [4.69, 9.17) is 10.8 Å². The predicted octanol–water partition coefficient (Wildman–Crippen LogP) is 1.28. The lowest BCUT2D eigenvalue weighted by molar-refractivity contribution is -0.137. The van der Waals surface area contributed by atoms with Gasteiger partial charge in [0.25, 0.3) is 0 Å². The van der Waals surface area contributed by atoms with E-state index in [1.165, 1.54) is 0 Å². The van der Waals surface area contributed by atoms with Crippen LogP contribution in [0.15, 0.2) is 0 Å². The third kappa shape index (κ3) is 11.4. The average molecular weight is 238 g/mol. The Morgan fingerprint density at radius 1 is 1.27 bits per heavy atom. The zero-order valence-corrected chi connectivity index (χ0v) is 9.45.